The predicted octanol–water partition coefficient (Wildman–Crippen LogP) is 3.17. The molecule has 1 amide bonds. The lowest BCUT2D eigenvalue weighted by Gasteiger charge is -2.03. The number of para-hydroxylation sites is 1. The number of carbonyl (C=O) groups excluding carboxylic acids is 1. The lowest BCUT2D eigenvalue weighted by Crippen LogP contribution is -2.11. The summed E-state index contributed by atoms with van der Waals surface area (Å²) in [6.07, 6.45) is 4.73. The van der Waals surface area contributed by atoms with Crippen LogP contribution < -0.4 is 5.32 Å². The third-order valence-corrected chi connectivity index (χ3v) is 3.06. The van der Waals surface area contributed by atoms with Crippen LogP contribution in [0.5, 0.6) is 0 Å². The summed E-state index contributed by atoms with van der Waals surface area (Å²) in [5.41, 5.74) is 1.95. The zero-order valence-corrected chi connectivity index (χ0v) is 11.7. The van der Waals surface area contributed by atoms with Crippen molar-refractivity contribution in [2.24, 2.45) is 0 Å². The highest BCUT2D eigenvalue weighted by atomic mass is 35.5. The topological polar surface area (TPSA) is 59.8 Å². The summed E-state index contributed by atoms with van der Waals surface area (Å²) in [5, 5.41) is 7.26. The normalized spacial score (nSPS) is 10.3. The van der Waals surface area contributed by atoms with Crippen LogP contribution in [0.15, 0.2) is 61.1 Å². The van der Waals surface area contributed by atoms with Gasteiger partial charge in [0.05, 0.1) is 17.4 Å². The Morgan fingerprint density at radius 2 is 2.00 bits per heavy atom. The van der Waals surface area contributed by atoms with Gasteiger partial charge in [-0.15, -0.1) is 0 Å². The summed E-state index contributed by atoms with van der Waals surface area (Å²) in [6, 6.07) is 12.8. The van der Waals surface area contributed by atoms with E-state index in [9.17, 15) is 4.79 Å². The highest BCUT2D eigenvalue weighted by Crippen LogP contribution is 2.14. The molecule has 6 heteroatoms. The van der Waals surface area contributed by atoms with Gasteiger partial charge in [0.25, 0.3) is 5.91 Å². The largest absolute Gasteiger partial charge is 0.322 e. The average molecular weight is 299 g/mol. The summed E-state index contributed by atoms with van der Waals surface area (Å²) in [5.74, 6) is -0.251. The van der Waals surface area contributed by atoms with Crippen LogP contribution in [0.3, 0.4) is 0 Å². The molecule has 0 unspecified atom stereocenters. The molecular weight excluding hydrogens is 288 g/mol. The molecule has 3 rings (SSSR count). The molecule has 0 aliphatic rings. The minimum Gasteiger partial charge on any atom is -0.322 e. The Hall–Kier alpha value is -2.66. The maximum atomic E-state index is 12.1. The molecule has 0 bridgehead atoms. The van der Waals surface area contributed by atoms with E-state index in [2.05, 4.69) is 15.4 Å². The van der Waals surface area contributed by atoms with Crippen molar-refractivity contribution in [1.29, 1.82) is 0 Å². The second-order valence-corrected chi connectivity index (χ2v) is 4.72. The van der Waals surface area contributed by atoms with E-state index >= 15 is 0 Å². The molecule has 5 nitrogen and oxygen atoms in total. The highest BCUT2D eigenvalue weighted by Gasteiger charge is 2.10. The lowest BCUT2D eigenvalue weighted by molar-refractivity contribution is 0.102. The van der Waals surface area contributed by atoms with Crippen molar-refractivity contribution in [3.63, 3.8) is 0 Å². The Kier molecular flexibility index (Phi) is 3.66. The zero-order valence-electron chi connectivity index (χ0n) is 10.9. The van der Waals surface area contributed by atoms with E-state index in [-0.39, 0.29) is 5.91 Å². The summed E-state index contributed by atoms with van der Waals surface area (Å²) in [6.45, 7) is 0. The molecular formula is C15H11ClN4O. The number of nitrogens with zero attached hydrogens (tertiary/aromatic N) is 3. The Balaban J connectivity index is 1.78. The molecule has 0 spiro atoms. The van der Waals surface area contributed by atoms with Gasteiger partial charge in [-0.3, -0.25) is 4.79 Å². The fourth-order valence-electron chi connectivity index (χ4n) is 1.85. The molecule has 2 heterocycles. The average Bonchev–Trinajstić information content (AvgIpc) is 2.98. The van der Waals surface area contributed by atoms with Crippen molar-refractivity contribution >= 4 is 23.2 Å². The molecule has 0 radical (unpaired) electrons. The molecule has 1 aromatic carbocycles. The Morgan fingerprint density at radius 3 is 2.76 bits per heavy atom. The monoisotopic (exact) mass is 298 g/mol. The second-order valence-electron chi connectivity index (χ2n) is 4.33. The van der Waals surface area contributed by atoms with Crippen molar-refractivity contribution in [3.05, 3.63) is 71.8 Å². The zero-order chi connectivity index (χ0) is 14.7. The van der Waals surface area contributed by atoms with Crippen molar-refractivity contribution in [3.8, 4) is 5.69 Å². The van der Waals surface area contributed by atoms with Crippen LogP contribution in [-0.2, 0) is 0 Å². The number of nitrogens with one attached hydrogen (secondary N) is 1. The Labute approximate surface area is 126 Å². The van der Waals surface area contributed by atoms with Crippen molar-refractivity contribution < 1.29 is 4.79 Å². The van der Waals surface area contributed by atoms with Crippen LogP contribution in [0.4, 0.5) is 5.69 Å². The fraction of sp³-hybridized carbons (Fsp3) is 0. The number of anilines is 1. The quantitative estimate of drug-likeness (QED) is 0.756. The van der Waals surface area contributed by atoms with E-state index in [4.69, 9.17) is 11.6 Å². The summed E-state index contributed by atoms with van der Waals surface area (Å²) in [7, 11) is 0. The van der Waals surface area contributed by atoms with Gasteiger partial charge in [-0.2, -0.15) is 5.10 Å². The third kappa shape index (κ3) is 3.09. The fourth-order valence-corrected chi connectivity index (χ4v) is 2.02. The first-order chi connectivity index (χ1) is 10.2. The number of aromatic nitrogens is 3. The van der Waals surface area contributed by atoms with E-state index in [0.717, 1.165) is 5.69 Å². The smallest absolute Gasteiger partial charge is 0.258 e. The van der Waals surface area contributed by atoms with E-state index in [1.165, 1.54) is 12.4 Å². The van der Waals surface area contributed by atoms with Crippen molar-refractivity contribution in [2.45, 2.75) is 0 Å². The molecule has 0 saturated carbocycles. The highest BCUT2D eigenvalue weighted by molar-refractivity contribution is 6.29. The molecule has 0 saturated heterocycles. The molecule has 0 aliphatic heterocycles. The molecule has 2 aromatic heterocycles. The van der Waals surface area contributed by atoms with Crippen LogP contribution in [0, 0.1) is 0 Å². The number of rotatable bonds is 3. The first-order valence-electron chi connectivity index (χ1n) is 6.25. The number of pyridine rings is 1. The van der Waals surface area contributed by atoms with Crippen LogP contribution in [-0.4, -0.2) is 20.7 Å². The lowest BCUT2D eigenvalue weighted by atomic mass is 10.3. The van der Waals surface area contributed by atoms with Gasteiger partial charge in [0.2, 0.25) is 0 Å². The van der Waals surface area contributed by atoms with Gasteiger partial charge in [0, 0.05) is 18.1 Å². The Morgan fingerprint density at radius 1 is 1.19 bits per heavy atom. The van der Waals surface area contributed by atoms with E-state index in [0.29, 0.717) is 16.4 Å². The van der Waals surface area contributed by atoms with Crippen LogP contribution >= 0.6 is 11.6 Å². The predicted molar refractivity (Wildman–Crippen MR) is 80.8 cm³/mol. The standard InChI is InChI=1S/C15H11ClN4O/c16-14-8-12(6-7-17-14)19-15(21)11-9-18-20(10-11)13-4-2-1-3-5-13/h1-10H,(H,17,19,21). The number of hydrogen-bond donors (Lipinski definition) is 1. The van der Waals surface area contributed by atoms with Gasteiger partial charge in [0.1, 0.15) is 5.15 Å². The molecule has 0 atom stereocenters. The minimum absolute atomic E-state index is 0.251. The van der Waals surface area contributed by atoms with Gasteiger partial charge >= 0.3 is 0 Å². The molecule has 3 aromatic rings. The van der Waals surface area contributed by atoms with E-state index < -0.39 is 0 Å². The number of hydrogen-bond acceptors (Lipinski definition) is 3. The first kappa shape index (κ1) is 13.3. The maximum Gasteiger partial charge on any atom is 0.258 e. The first-order valence-corrected chi connectivity index (χ1v) is 6.63. The van der Waals surface area contributed by atoms with Crippen molar-refractivity contribution in [1.82, 2.24) is 14.8 Å². The van der Waals surface area contributed by atoms with Crippen LogP contribution in [0.25, 0.3) is 5.69 Å². The van der Waals surface area contributed by atoms with E-state index in [1.54, 1.807) is 23.0 Å². The van der Waals surface area contributed by atoms with Crippen LogP contribution in [0.1, 0.15) is 10.4 Å². The summed E-state index contributed by atoms with van der Waals surface area (Å²) in [4.78, 5) is 16.0. The van der Waals surface area contributed by atoms with Gasteiger partial charge in [-0.05, 0) is 24.3 Å². The third-order valence-electron chi connectivity index (χ3n) is 2.85. The molecule has 104 valence electrons. The number of halogens is 1. The summed E-state index contributed by atoms with van der Waals surface area (Å²) < 4.78 is 1.65. The number of benzene rings is 1. The maximum absolute atomic E-state index is 12.1. The molecule has 0 aliphatic carbocycles. The molecule has 21 heavy (non-hydrogen) atoms. The van der Waals surface area contributed by atoms with Gasteiger partial charge < -0.3 is 5.32 Å². The number of amides is 1. The second kappa shape index (κ2) is 5.76. The van der Waals surface area contributed by atoms with Gasteiger partial charge in [-0.25, -0.2) is 9.67 Å². The number of carbonyl (C=O) groups is 1. The molecule has 0 fully saturated rings. The van der Waals surface area contributed by atoms with Gasteiger partial charge in [0.15, 0.2) is 0 Å². The summed E-state index contributed by atoms with van der Waals surface area (Å²) >= 11 is 5.78. The SMILES string of the molecule is O=C(Nc1ccnc(Cl)c1)c1cnn(-c2ccccc2)c1. The van der Waals surface area contributed by atoms with E-state index in [1.807, 2.05) is 30.3 Å². The Bertz CT molecular complexity index is 770. The van der Waals surface area contributed by atoms with Gasteiger partial charge in [-0.1, -0.05) is 29.8 Å². The van der Waals surface area contributed by atoms with Crippen molar-refractivity contribution in [2.75, 3.05) is 5.32 Å². The molecule has 1 N–H and O–H groups in total. The minimum atomic E-state index is -0.251. The van der Waals surface area contributed by atoms with Crippen LogP contribution in [0.2, 0.25) is 5.15 Å².